The number of benzene rings is 3. The predicted molar refractivity (Wildman–Crippen MR) is 159 cm³/mol. The highest BCUT2D eigenvalue weighted by Gasteiger charge is 2.38. The molecule has 210 valence electrons. The first-order valence-corrected chi connectivity index (χ1v) is 14.1. The van der Waals surface area contributed by atoms with Crippen molar-refractivity contribution in [2.45, 2.75) is 39.0 Å². The van der Waals surface area contributed by atoms with Crippen LogP contribution < -0.4 is 10.2 Å². The molecule has 0 fully saturated rings. The fraction of sp³-hybridized carbons (Fsp3) is 0.294. The molecule has 2 atom stereocenters. The quantitative estimate of drug-likeness (QED) is 0.245. The van der Waals surface area contributed by atoms with Crippen molar-refractivity contribution in [1.82, 2.24) is 4.90 Å². The van der Waals surface area contributed by atoms with Gasteiger partial charge in [0.1, 0.15) is 23.4 Å². The van der Waals surface area contributed by atoms with E-state index in [0.717, 1.165) is 17.0 Å². The Labute approximate surface area is 239 Å². The standard InChI is InChI=1S/C34H34N2O5/c1-22(2)31(36-17-16-35-34(36)29-21-39-30(40-29)19-24-12-8-5-9-13-24)33-27(18-23-10-6-4-7-11-23)32(37)26-15-14-25(38-3)20-28(26)41-33/h4-15,20-22,30-31H,16-19H2,1-3H3. The lowest BCUT2D eigenvalue weighted by atomic mass is 9.92. The third-order valence-electron chi connectivity index (χ3n) is 7.61. The van der Waals surface area contributed by atoms with E-state index in [0.29, 0.717) is 59.7 Å². The maximum Gasteiger partial charge on any atom is 0.244 e. The molecule has 2 unspecified atom stereocenters. The molecule has 0 N–H and O–H groups in total. The van der Waals surface area contributed by atoms with Crippen LogP contribution in [0.5, 0.6) is 5.75 Å². The van der Waals surface area contributed by atoms with E-state index in [1.54, 1.807) is 31.6 Å². The Balaban J connectivity index is 1.38. The second kappa shape index (κ2) is 11.5. The van der Waals surface area contributed by atoms with Crippen molar-refractivity contribution in [3.05, 3.63) is 124 Å². The summed E-state index contributed by atoms with van der Waals surface area (Å²) in [6.45, 7) is 5.57. The molecule has 7 nitrogen and oxygen atoms in total. The molecular formula is C34H34N2O5. The molecule has 0 aliphatic carbocycles. The normalized spacial score (nSPS) is 17.3. The van der Waals surface area contributed by atoms with Crippen molar-refractivity contribution in [1.29, 1.82) is 0 Å². The molecule has 0 spiro atoms. The first-order chi connectivity index (χ1) is 20.0. The first kappa shape index (κ1) is 26.7. The molecule has 3 heterocycles. The van der Waals surface area contributed by atoms with Gasteiger partial charge in [-0.15, -0.1) is 0 Å². The van der Waals surface area contributed by atoms with Gasteiger partial charge in [-0.05, 0) is 29.2 Å². The van der Waals surface area contributed by atoms with Crippen molar-refractivity contribution in [2.75, 3.05) is 20.2 Å². The van der Waals surface area contributed by atoms with Crippen molar-refractivity contribution in [3.8, 4) is 5.75 Å². The number of nitrogens with zero attached hydrogens (tertiary/aromatic N) is 2. The third-order valence-corrected chi connectivity index (χ3v) is 7.61. The van der Waals surface area contributed by atoms with Gasteiger partial charge in [-0.1, -0.05) is 74.5 Å². The van der Waals surface area contributed by atoms with Gasteiger partial charge in [-0.2, -0.15) is 0 Å². The number of amidine groups is 1. The molecule has 0 saturated carbocycles. The monoisotopic (exact) mass is 550 g/mol. The van der Waals surface area contributed by atoms with Crippen LogP contribution in [0.15, 0.2) is 105 Å². The topological polar surface area (TPSA) is 73.5 Å². The Bertz CT molecular complexity index is 1640. The van der Waals surface area contributed by atoms with Gasteiger partial charge in [0.05, 0.1) is 25.1 Å². The molecule has 2 aliphatic rings. The van der Waals surface area contributed by atoms with Gasteiger partial charge in [0.25, 0.3) is 0 Å². The summed E-state index contributed by atoms with van der Waals surface area (Å²) >= 11 is 0. The van der Waals surface area contributed by atoms with Crippen molar-refractivity contribution < 1.29 is 18.6 Å². The van der Waals surface area contributed by atoms with Crippen LogP contribution in [0, 0.1) is 5.92 Å². The summed E-state index contributed by atoms with van der Waals surface area (Å²) in [4.78, 5) is 21.1. The molecule has 6 rings (SSSR count). The maximum atomic E-state index is 14.0. The molecule has 41 heavy (non-hydrogen) atoms. The minimum Gasteiger partial charge on any atom is -0.497 e. The molecule has 3 aromatic carbocycles. The molecule has 4 aromatic rings. The zero-order valence-corrected chi connectivity index (χ0v) is 23.6. The summed E-state index contributed by atoms with van der Waals surface area (Å²) in [5.41, 5.74) is 3.31. The van der Waals surface area contributed by atoms with E-state index in [4.69, 9.17) is 23.6 Å². The minimum atomic E-state index is -0.422. The van der Waals surface area contributed by atoms with Crippen LogP contribution in [0.25, 0.3) is 11.0 Å². The molecule has 0 bridgehead atoms. The van der Waals surface area contributed by atoms with E-state index in [9.17, 15) is 4.79 Å². The second-order valence-corrected chi connectivity index (χ2v) is 10.7. The lowest BCUT2D eigenvalue weighted by molar-refractivity contribution is -0.0263. The summed E-state index contributed by atoms with van der Waals surface area (Å²) in [6.07, 6.45) is 2.33. The van der Waals surface area contributed by atoms with E-state index < -0.39 is 6.29 Å². The van der Waals surface area contributed by atoms with Crippen LogP contribution in [0.4, 0.5) is 0 Å². The van der Waals surface area contributed by atoms with E-state index in [-0.39, 0.29) is 17.4 Å². The molecule has 0 radical (unpaired) electrons. The zero-order chi connectivity index (χ0) is 28.3. The lowest BCUT2D eigenvalue weighted by Crippen LogP contribution is -2.37. The predicted octanol–water partition coefficient (Wildman–Crippen LogP) is 6.26. The van der Waals surface area contributed by atoms with Gasteiger partial charge < -0.3 is 23.5 Å². The van der Waals surface area contributed by atoms with Crippen LogP contribution in [0.1, 0.15) is 42.3 Å². The number of aliphatic imine (C=N–C) groups is 1. The summed E-state index contributed by atoms with van der Waals surface area (Å²) in [6, 6.07) is 25.3. The Kier molecular flexibility index (Phi) is 7.51. The highest BCUT2D eigenvalue weighted by atomic mass is 16.7. The lowest BCUT2D eigenvalue weighted by Gasteiger charge is -2.33. The Hall–Kier alpha value is -4.52. The molecule has 1 aromatic heterocycles. The summed E-state index contributed by atoms with van der Waals surface area (Å²) in [5, 5.41) is 0.539. The van der Waals surface area contributed by atoms with Gasteiger partial charge in [-0.3, -0.25) is 9.79 Å². The molecule has 7 heteroatoms. The van der Waals surface area contributed by atoms with Crippen LogP contribution in [0.2, 0.25) is 0 Å². The summed E-state index contributed by atoms with van der Waals surface area (Å²) < 4.78 is 24.3. The Morgan fingerprint density at radius 3 is 2.44 bits per heavy atom. The fourth-order valence-corrected chi connectivity index (χ4v) is 5.65. The average molecular weight is 551 g/mol. The molecule has 0 amide bonds. The van der Waals surface area contributed by atoms with Gasteiger partial charge in [0, 0.05) is 31.0 Å². The van der Waals surface area contributed by atoms with Gasteiger partial charge >= 0.3 is 0 Å². The highest BCUT2D eigenvalue weighted by Crippen LogP contribution is 2.37. The van der Waals surface area contributed by atoms with Crippen LogP contribution in [-0.2, 0) is 22.3 Å². The SMILES string of the molecule is COc1ccc2c(=O)c(Cc3ccccc3)c(C(C(C)C)N3CCN=C3C3=COC(Cc4ccccc4)O3)oc2c1. The number of methoxy groups -OCH3 is 1. The van der Waals surface area contributed by atoms with E-state index in [1.807, 2.05) is 48.5 Å². The van der Waals surface area contributed by atoms with Crippen molar-refractivity contribution in [3.63, 3.8) is 0 Å². The number of hydrogen-bond donors (Lipinski definition) is 0. The second-order valence-electron chi connectivity index (χ2n) is 10.7. The van der Waals surface area contributed by atoms with Crippen LogP contribution in [-0.4, -0.2) is 37.2 Å². The Morgan fingerprint density at radius 2 is 1.73 bits per heavy atom. The van der Waals surface area contributed by atoms with Crippen molar-refractivity contribution in [2.24, 2.45) is 10.9 Å². The van der Waals surface area contributed by atoms with Gasteiger partial charge in [-0.25, -0.2) is 0 Å². The van der Waals surface area contributed by atoms with Crippen molar-refractivity contribution >= 4 is 16.8 Å². The maximum absolute atomic E-state index is 14.0. The zero-order valence-electron chi connectivity index (χ0n) is 23.6. The fourth-order valence-electron chi connectivity index (χ4n) is 5.65. The molecule has 2 aliphatic heterocycles. The minimum absolute atomic E-state index is 0.0290. The van der Waals surface area contributed by atoms with Gasteiger partial charge in [0.15, 0.2) is 11.3 Å². The first-order valence-electron chi connectivity index (χ1n) is 14.1. The highest BCUT2D eigenvalue weighted by molar-refractivity contribution is 5.98. The number of rotatable bonds is 9. The summed E-state index contributed by atoms with van der Waals surface area (Å²) in [7, 11) is 1.61. The van der Waals surface area contributed by atoms with Crippen LogP contribution in [0.3, 0.4) is 0 Å². The van der Waals surface area contributed by atoms with E-state index in [1.165, 1.54) is 0 Å². The number of ether oxygens (including phenoxy) is 3. The smallest absolute Gasteiger partial charge is 0.244 e. The molecule has 0 saturated heterocycles. The average Bonchev–Trinajstić information content (AvgIpc) is 3.65. The third kappa shape index (κ3) is 5.44. The van der Waals surface area contributed by atoms with E-state index >= 15 is 0 Å². The molecular weight excluding hydrogens is 516 g/mol. The Morgan fingerprint density at radius 1 is 1.00 bits per heavy atom. The number of hydrogen-bond acceptors (Lipinski definition) is 7. The summed E-state index contributed by atoms with van der Waals surface area (Å²) in [5.74, 6) is 2.70. The van der Waals surface area contributed by atoms with E-state index in [2.05, 4.69) is 30.9 Å². The van der Waals surface area contributed by atoms with Gasteiger partial charge in [0.2, 0.25) is 12.0 Å². The van der Waals surface area contributed by atoms with Crippen LogP contribution >= 0.6 is 0 Å². The number of fused-ring (bicyclic) bond motifs is 1. The largest absolute Gasteiger partial charge is 0.497 e.